The standard InChI is InChI=1S/C32H41ClN2O4.C2H4O2/c1-3-6-21-15-25(33)10-12-26(21)24-19-35-18-23-8-11-27(23)29(36)7-4-5-14-34(2)32(38)17-30(37)22-9-13-31(39-20-24)28(35)16-22;1-4-2-3/h4,7,9-10,12-13,15-16,23-24,27,29-30,36-37H,3,5-6,8,11,14,17-20H2,1-2H3;2H,1H3/b7-4+;. The van der Waals surface area contributed by atoms with Crippen molar-refractivity contribution in [3.8, 4) is 5.75 Å². The van der Waals surface area contributed by atoms with Gasteiger partial charge >= 0.3 is 0 Å². The van der Waals surface area contributed by atoms with Gasteiger partial charge in [-0.15, -0.1) is 0 Å². The SMILES string of the molecule is CCCc1cc(Cl)ccc1C1COc2ccc3cc2N(C1)CC1CCC1C(O)/C=C/CCN(C)C(=O)CC3O.COC=O. The van der Waals surface area contributed by atoms with E-state index in [-0.39, 0.29) is 24.2 Å². The minimum atomic E-state index is -0.889. The van der Waals surface area contributed by atoms with E-state index in [9.17, 15) is 15.0 Å². The molecule has 2 aromatic carbocycles. The van der Waals surface area contributed by atoms with Crippen LogP contribution >= 0.6 is 11.6 Å². The molecule has 0 aromatic heterocycles. The van der Waals surface area contributed by atoms with Gasteiger partial charge in [-0.05, 0) is 78.5 Å². The van der Waals surface area contributed by atoms with Gasteiger partial charge in [0.15, 0.2) is 0 Å². The molecule has 2 bridgehead atoms. The molecule has 8 nitrogen and oxygen atoms in total. The summed E-state index contributed by atoms with van der Waals surface area (Å²) in [5.41, 5.74) is 4.20. The molecule has 0 saturated heterocycles. The highest BCUT2D eigenvalue weighted by Crippen LogP contribution is 2.43. The molecule has 3 aliphatic rings. The van der Waals surface area contributed by atoms with Crippen LogP contribution in [0, 0.1) is 11.8 Å². The monoisotopic (exact) mass is 612 g/mol. The van der Waals surface area contributed by atoms with Gasteiger partial charge in [-0.25, -0.2) is 0 Å². The quantitative estimate of drug-likeness (QED) is 0.357. The molecule has 5 rings (SSSR count). The summed E-state index contributed by atoms with van der Waals surface area (Å²) in [4.78, 5) is 25.8. The minimum absolute atomic E-state index is 0.0287. The highest BCUT2D eigenvalue weighted by atomic mass is 35.5. The van der Waals surface area contributed by atoms with Gasteiger partial charge in [0, 0.05) is 37.6 Å². The Morgan fingerprint density at radius 1 is 1.14 bits per heavy atom. The molecule has 0 radical (unpaired) electrons. The van der Waals surface area contributed by atoms with E-state index in [0.29, 0.717) is 32.0 Å². The molecule has 9 heteroatoms. The van der Waals surface area contributed by atoms with Crippen LogP contribution in [0.15, 0.2) is 48.6 Å². The van der Waals surface area contributed by atoms with Crippen LogP contribution in [0.3, 0.4) is 0 Å². The second kappa shape index (κ2) is 15.6. The zero-order chi connectivity index (χ0) is 30.9. The second-order valence-electron chi connectivity index (χ2n) is 11.8. The van der Waals surface area contributed by atoms with E-state index in [4.69, 9.17) is 21.1 Å². The number of carbonyl (C=O) groups excluding carboxylic acids is 2. The molecule has 1 amide bonds. The van der Waals surface area contributed by atoms with Crippen LogP contribution in [0.25, 0.3) is 0 Å². The van der Waals surface area contributed by atoms with Crippen molar-refractivity contribution in [3.63, 3.8) is 0 Å². The number of aliphatic hydroxyl groups is 2. The zero-order valence-corrected chi connectivity index (χ0v) is 26.2. The van der Waals surface area contributed by atoms with Crippen LogP contribution in [0.5, 0.6) is 5.75 Å². The first kappa shape index (κ1) is 32.8. The predicted octanol–water partition coefficient (Wildman–Crippen LogP) is 5.29. The summed E-state index contributed by atoms with van der Waals surface area (Å²) >= 11 is 6.38. The van der Waals surface area contributed by atoms with Gasteiger partial charge in [0.2, 0.25) is 5.91 Å². The topological polar surface area (TPSA) is 99.5 Å². The maximum Gasteiger partial charge on any atom is 0.292 e. The van der Waals surface area contributed by atoms with E-state index >= 15 is 0 Å². The molecule has 1 saturated carbocycles. The van der Waals surface area contributed by atoms with Crippen LogP contribution in [0.1, 0.15) is 67.7 Å². The number of halogens is 1. The third kappa shape index (κ3) is 8.31. The van der Waals surface area contributed by atoms with Crippen molar-refractivity contribution in [2.75, 3.05) is 45.3 Å². The van der Waals surface area contributed by atoms with Crippen molar-refractivity contribution in [2.45, 2.75) is 63.6 Å². The van der Waals surface area contributed by atoms with Gasteiger partial charge in [0.25, 0.3) is 6.47 Å². The minimum Gasteiger partial charge on any atom is -0.491 e. The van der Waals surface area contributed by atoms with Gasteiger partial charge in [0.05, 0.1) is 38.0 Å². The Labute approximate surface area is 260 Å². The molecule has 0 spiro atoms. The molecule has 2 aliphatic heterocycles. The molecule has 43 heavy (non-hydrogen) atoms. The van der Waals surface area contributed by atoms with E-state index < -0.39 is 12.2 Å². The first-order valence-electron chi connectivity index (χ1n) is 15.3. The molecule has 1 fully saturated rings. The molecule has 234 valence electrons. The molecule has 2 aromatic rings. The third-order valence-electron chi connectivity index (χ3n) is 8.88. The number of aryl methyl sites for hydroxylation is 1. The van der Waals surface area contributed by atoms with E-state index in [0.717, 1.165) is 60.8 Å². The predicted molar refractivity (Wildman–Crippen MR) is 169 cm³/mol. The summed E-state index contributed by atoms with van der Waals surface area (Å²) < 4.78 is 10.3. The molecule has 2 N–H and O–H groups in total. The molecular formula is C34H45ClN2O6. The average Bonchev–Trinajstić information content (AvgIpc) is 3.16. The van der Waals surface area contributed by atoms with Crippen molar-refractivity contribution >= 4 is 29.7 Å². The number of anilines is 1. The number of carbonyl (C=O) groups is 2. The molecular weight excluding hydrogens is 568 g/mol. The van der Waals surface area contributed by atoms with E-state index in [1.54, 1.807) is 11.9 Å². The number of hydrogen-bond donors (Lipinski definition) is 2. The maximum absolute atomic E-state index is 12.8. The largest absolute Gasteiger partial charge is 0.491 e. The fraction of sp³-hybridized carbons (Fsp3) is 0.529. The number of fused-ring (bicyclic) bond motifs is 2. The van der Waals surface area contributed by atoms with E-state index in [2.05, 4.69) is 28.7 Å². The van der Waals surface area contributed by atoms with Crippen LogP contribution < -0.4 is 9.64 Å². The van der Waals surface area contributed by atoms with Crippen molar-refractivity contribution in [3.05, 3.63) is 70.3 Å². The Bertz CT molecular complexity index is 1270. The van der Waals surface area contributed by atoms with Gasteiger partial charge in [0.1, 0.15) is 5.75 Å². The van der Waals surface area contributed by atoms with Crippen molar-refractivity contribution < 1.29 is 29.3 Å². The second-order valence-corrected chi connectivity index (χ2v) is 12.2. The molecule has 5 atom stereocenters. The summed E-state index contributed by atoms with van der Waals surface area (Å²) in [6, 6.07) is 12.0. The summed E-state index contributed by atoms with van der Waals surface area (Å²) in [7, 11) is 3.08. The highest BCUT2D eigenvalue weighted by Gasteiger charge is 2.38. The van der Waals surface area contributed by atoms with Crippen LogP contribution in [0.2, 0.25) is 5.02 Å². The van der Waals surface area contributed by atoms with Crippen LogP contribution in [-0.2, 0) is 20.7 Å². The number of amides is 1. The fourth-order valence-electron chi connectivity index (χ4n) is 6.30. The Morgan fingerprint density at radius 2 is 1.93 bits per heavy atom. The van der Waals surface area contributed by atoms with Crippen molar-refractivity contribution in [1.29, 1.82) is 0 Å². The van der Waals surface area contributed by atoms with Crippen molar-refractivity contribution in [1.82, 2.24) is 4.90 Å². The van der Waals surface area contributed by atoms with Gasteiger partial charge in [-0.2, -0.15) is 0 Å². The number of nitrogens with zero attached hydrogens (tertiary/aromatic N) is 2. The highest BCUT2D eigenvalue weighted by molar-refractivity contribution is 6.30. The van der Waals surface area contributed by atoms with Gasteiger partial charge < -0.3 is 29.5 Å². The molecule has 5 unspecified atom stereocenters. The maximum atomic E-state index is 12.8. The normalized spacial score (nSPS) is 26.5. The Balaban J connectivity index is 0.000000996. The first-order chi connectivity index (χ1) is 20.7. The molecule has 2 heterocycles. The van der Waals surface area contributed by atoms with E-state index in [1.807, 2.05) is 36.4 Å². The Kier molecular flexibility index (Phi) is 11.9. The smallest absolute Gasteiger partial charge is 0.292 e. The number of benzene rings is 2. The summed E-state index contributed by atoms with van der Waals surface area (Å²) in [5, 5.41) is 22.8. The van der Waals surface area contributed by atoms with Crippen LogP contribution in [-0.4, -0.2) is 74.0 Å². The summed E-state index contributed by atoms with van der Waals surface area (Å²) in [5.74, 6) is 1.41. The lowest BCUT2D eigenvalue weighted by atomic mass is 9.70. The van der Waals surface area contributed by atoms with Gasteiger partial charge in [-0.3, -0.25) is 9.59 Å². The molecule has 1 aliphatic carbocycles. The Hall–Kier alpha value is -3.07. The number of aliphatic hydroxyl groups excluding tert-OH is 2. The number of hydrogen-bond acceptors (Lipinski definition) is 7. The lowest BCUT2D eigenvalue weighted by Crippen LogP contribution is -2.44. The Morgan fingerprint density at radius 3 is 2.63 bits per heavy atom. The lowest BCUT2D eigenvalue weighted by Gasteiger charge is -2.42. The lowest BCUT2D eigenvalue weighted by molar-refractivity contribution is -0.132. The van der Waals surface area contributed by atoms with Crippen LogP contribution in [0.4, 0.5) is 5.69 Å². The summed E-state index contributed by atoms with van der Waals surface area (Å²) in [6.45, 7) is 5.23. The van der Waals surface area contributed by atoms with E-state index in [1.165, 1.54) is 18.2 Å². The zero-order valence-electron chi connectivity index (χ0n) is 25.5. The summed E-state index contributed by atoms with van der Waals surface area (Å²) in [6.07, 6.45) is 7.30. The number of ether oxygens (including phenoxy) is 2. The first-order valence-corrected chi connectivity index (χ1v) is 15.7. The van der Waals surface area contributed by atoms with Gasteiger partial charge in [-0.1, -0.05) is 49.2 Å². The van der Waals surface area contributed by atoms with Crippen molar-refractivity contribution in [2.24, 2.45) is 11.8 Å². The average molecular weight is 613 g/mol. The fourth-order valence-corrected chi connectivity index (χ4v) is 6.50. The third-order valence-corrected chi connectivity index (χ3v) is 9.11. The number of methoxy groups -OCH3 is 1. The number of rotatable bonds is 4.